The summed E-state index contributed by atoms with van der Waals surface area (Å²) < 4.78 is 0. The Labute approximate surface area is 180 Å². The molecule has 162 valence electrons. The lowest BCUT2D eigenvalue weighted by Gasteiger charge is -2.05. The molecule has 0 nitrogen and oxygen atoms in total. The Hall–Kier alpha value is -0.430. The largest absolute Gasteiger partial charge is 0.132 e. The summed E-state index contributed by atoms with van der Waals surface area (Å²) in [5.74, 6) is 2.70. The van der Waals surface area contributed by atoms with E-state index in [1.54, 1.807) is 0 Å². The van der Waals surface area contributed by atoms with Crippen molar-refractivity contribution in [3.8, 4) is 0 Å². The van der Waals surface area contributed by atoms with Crippen molar-refractivity contribution in [3.63, 3.8) is 0 Å². The van der Waals surface area contributed by atoms with Crippen molar-refractivity contribution < 1.29 is 0 Å². The first-order chi connectivity index (χ1) is 13.8. The van der Waals surface area contributed by atoms with Crippen molar-refractivity contribution >= 4 is 10.9 Å². The lowest BCUT2D eigenvalue weighted by molar-refractivity contribution is 0.529. The van der Waals surface area contributed by atoms with Gasteiger partial charge in [0.05, 0.1) is 6.26 Å². The number of benzene rings is 1. The van der Waals surface area contributed by atoms with Gasteiger partial charge in [-0.1, -0.05) is 134 Å². The second-order valence-corrected chi connectivity index (χ2v) is 11.0. The molecule has 1 aromatic carbocycles. The van der Waals surface area contributed by atoms with E-state index in [4.69, 9.17) is 0 Å². The van der Waals surface area contributed by atoms with E-state index < -0.39 is 0 Å². The summed E-state index contributed by atoms with van der Waals surface area (Å²) in [5, 5.41) is 0. The van der Waals surface area contributed by atoms with Gasteiger partial charge in [-0.25, -0.2) is 0 Å². The third-order valence-corrected chi connectivity index (χ3v) is 7.66. The molecule has 0 aliphatic rings. The molecule has 1 atom stereocenters. The molecule has 0 saturated carbocycles. The molecule has 0 amide bonds. The maximum atomic E-state index is 2.44. The Morgan fingerprint density at radius 2 is 0.929 bits per heavy atom. The van der Waals surface area contributed by atoms with E-state index in [1.807, 2.05) is 0 Å². The minimum absolute atomic E-state index is 0.561. The molecule has 28 heavy (non-hydrogen) atoms. The second-order valence-electron chi connectivity index (χ2n) is 8.77. The Kier molecular flexibility index (Phi) is 18.2. The van der Waals surface area contributed by atoms with E-state index in [1.165, 1.54) is 126 Å². The fourth-order valence-electron chi connectivity index (χ4n) is 4.00. The third kappa shape index (κ3) is 16.5. The predicted octanol–water partition coefficient (Wildman–Crippen LogP) is 9.09. The molecule has 1 heteroatoms. The Balaban J connectivity index is 1.74. The summed E-state index contributed by atoms with van der Waals surface area (Å²) in [5.41, 5.74) is 1.51. The van der Waals surface area contributed by atoms with Crippen LogP contribution in [-0.4, -0.2) is 12.0 Å². The van der Waals surface area contributed by atoms with Crippen molar-refractivity contribution in [2.45, 2.75) is 122 Å². The first kappa shape index (κ1) is 25.6. The van der Waals surface area contributed by atoms with Gasteiger partial charge in [-0.2, -0.15) is 0 Å². The van der Waals surface area contributed by atoms with Gasteiger partial charge in [0.2, 0.25) is 0 Å². The minimum Gasteiger partial charge on any atom is -0.0654 e. The van der Waals surface area contributed by atoms with Crippen LogP contribution in [0.25, 0.3) is 0 Å². The van der Waals surface area contributed by atoms with Crippen LogP contribution in [0, 0.1) is 0 Å². The average Bonchev–Trinajstić information content (AvgIpc) is 2.71. The quantitative estimate of drug-likeness (QED) is 0.150. The van der Waals surface area contributed by atoms with E-state index in [-0.39, 0.29) is 0 Å². The van der Waals surface area contributed by atoms with Crippen LogP contribution in [0.1, 0.15) is 122 Å². The molecular formula is C27H49S+. The number of hydrogen-bond acceptors (Lipinski definition) is 0. The molecule has 0 heterocycles. The van der Waals surface area contributed by atoms with Gasteiger partial charge in [-0.05, 0) is 23.7 Å². The molecule has 1 aromatic rings. The predicted molar refractivity (Wildman–Crippen MR) is 132 cm³/mol. The van der Waals surface area contributed by atoms with E-state index in [0.717, 1.165) is 0 Å². The molecule has 0 radical (unpaired) electrons. The Morgan fingerprint density at radius 3 is 1.36 bits per heavy atom. The van der Waals surface area contributed by atoms with Gasteiger partial charge >= 0.3 is 0 Å². The molecule has 0 aliphatic carbocycles. The summed E-state index contributed by atoms with van der Waals surface area (Å²) >= 11 is 0. The van der Waals surface area contributed by atoms with Gasteiger partial charge in [-0.3, -0.25) is 0 Å². The molecule has 0 bridgehead atoms. The normalized spacial score (nSPS) is 12.4. The van der Waals surface area contributed by atoms with Crippen LogP contribution in [0.4, 0.5) is 0 Å². The fourth-order valence-corrected chi connectivity index (χ4v) is 5.61. The SMILES string of the molecule is CCCCCCCCCCCCCCCCCCC[S+](C)Cc1ccccc1. The van der Waals surface area contributed by atoms with E-state index in [9.17, 15) is 0 Å². The Morgan fingerprint density at radius 1 is 0.536 bits per heavy atom. The number of rotatable bonds is 20. The molecule has 0 saturated heterocycles. The van der Waals surface area contributed by atoms with Gasteiger partial charge in [-0.15, -0.1) is 0 Å². The lowest BCUT2D eigenvalue weighted by atomic mass is 10.0. The van der Waals surface area contributed by atoms with Crippen molar-refractivity contribution in [1.29, 1.82) is 0 Å². The molecule has 0 spiro atoms. The fraction of sp³-hybridized carbons (Fsp3) is 0.778. The zero-order valence-corrected chi connectivity index (χ0v) is 20.0. The van der Waals surface area contributed by atoms with E-state index in [0.29, 0.717) is 10.9 Å². The van der Waals surface area contributed by atoms with Crippen LogP contribution in [-0.2, 0) is 16.6 Å². The second kappa shape index (κ2) is 19.9. The molecule has 0 N–H and O–H groups in total. The first-order valence-corrected chi connectivity index (χ1v) is 14.4. The van der Waals surface area contributed by atoms with Gasteiger partial charge in [0, 0.05) is 5.56 Å². The number of hydrogen-bond donors (Lipinski definition) is 0. The molecular weight excluding hydrogens is 356 g/mol. The summed E-state index contributed by atoms with van der Waals surface area (Å²) in [6, 6.07) is 11.0. The maximum absolute atomic E-state index is 2.44. The summed E-state index contributed by atoms with van der Waals surface area (Å²) in [4.78, 5) is 0. The molecule has 1 rings (SSSR count). The standard InChI is InChI=1S/C27H49S/c1-3-4-5-6-7-8-9-10-11-12-13-14-15-16-17-18-22-25-28(2)26-27-23-20-19-21-24-27/h19-21,23-24H,3-18,22,25-26H2,1-2H3/q+1. The van der Waals surface area contributed by atoms with Crippen LogP contribution in [0.2, 0.25) is 0 Å². The van der Waals surface area contributed by atoms with E-state index >= 15 is 0 Å². The lowest BCUT2D eigenvalue weighted by Crippen LogP contribution is -2.08. The monoisotopic (exact) mass is 405 g/mol. The molecule has 1 unspecified atom stereocenters. The summed E-state index contributed by atoms with van der Waals surface area (Å²) in [7, 11) is 0.561. The third-order valence-electron chi connectivity index (χ3n) is 5.85. The Bertz CT molecular complexity index is 414. The average molecular weight is 406 g/mol. The van der Waals surface area contributed by atoms with Crippen LogP contribution in [0.15, 0.2) is 30.3 Å². The van der Waals surface area contributed by atoms with Crippen LogP contribution < -0.4 is 0 Å². The highest BCUT2D eigenvalue weighted by molar-refractivity contribution is 7.95. The van der Waals surface area contributed by atoms with Crippen molar-refractivity contribution in [2.75, 3.05) is 12.0 Å². The van der Waals surface area contributed by atoms with Crippen LogP contribution in [0.3, 0.4) is 0 Å². The highest BCUT2D eigenvalue weighted by atomic mass is 32.2. The van der Waals surface area contributed by atoms with Gasteiger partial charge in [0.25, 0.3) is 0 Å². The topological polar surface area (TPSA) is 0 Å². The summed E-state index contributed by atoms with van der Waals surface area (Å²) in [6.45, 7) is 2.30. The minimum atomic E-state index is 0.561. The van der Waals surface area contributed by atoms with Crippen LogP contribution in [0.5, 0.6) is 0 Å². The number of unbranched alkanes of at least 4 members (excludes halogenated alkanes) is 16. The zero-order valence-electron chi connectivity index (χ0n) is 19.2. The highest BCUT2D eigenvalue weighted by Crippen LogP contribution is 2.15. The van der Waals surface area contributed by atoms with Gasteiger partial charge in [0.15, 0.2) is 0 Å². The zero-order chi connectivity index (χ0) is 20.1. The first-order valence-electron chi connectivity index (χ1n) is 12.5. The molecule has 0 fully saturated rings. The summed E-state index contributed by atoms with van der Waals surface area (Å²) in [6.07, 6.45) is 27.3. The van der Waals surface area contributed by atoms with Gasteiger partial charge < -0.3 is 0 Å². The van der Waals surface area contributed by atoms with Crippen molar-refractivity contribution in [2.24, 2.45) is 0 Å². The maximum Gasteiger partial charge on any atom is 0.132 e. The molecule has 0 aliphatic heterocycles. The van der Waals surface area contributed by atoms with Crippen molar-refractivity contribution in [1.82, 2.24) is 0 Å². The van der Waals surface area contributed by atoms with Crippen molar-refractivity contribution in [3.05, 3.63) is 35.9 Å². The van der Waals surface area contributed by atoms with E-state index in [2.05, 4.69) is 43.5 Å². The van der Waals surface area contributed by atoms with Crippen LogP contribution >= 0.6 is 0 Å². The molecule has 0 aromatic heterocycles. The smallest absolute Gasteiger partial charge is 0.0654 e. The highest BCUT2D eigenvalue weighted by Gasteiger charge is 2.11. The van der Waals surface area contributed by atoms with Gasteiger partial charge in [0.1, 0.15) is 11.5 Å².